The van der Waals surface area contributed by atoms with E-state index in [4.69, 9.17) is 20.8 Å². The van der Waals surface area contributed by atoms with Crippen LogP contribution in [0, 0.1) is 22.7 Å². The van der Waals surface area contributed by atoms with Gasteiger partial charge in [-0.3, -0.25) is 9.59 Å². The van der Waals surface area contributed by atoms with Crippen molar-refractivity contribution in [1.82, 2.24) is 5.01 Å². The molecule has 2 aromatic carbocycles. The summed E-state index contributed by atoms with van der Waals surface area (Å²) >= 11 is 0. The number of nitrogens with two attached hydrogens (primary N) is 1. The number of amides is 2. The van der Waals surface area contributed by atoms with E-state index in [1.54, 1.807) is 6.92 Å². The molecule has 0 aromatic heterocycles. The normalized spacial score (nSPS) is 13.6. The Morgan fingerprint density at radius 3 is 2.11 bits per heavy atom. The summed E-state index contributed by atoms with van der Waals surface area (Å²) in [6.07, 6.45) is -5.72. The van der Waals surface area contributed by atoms with Crippen LogP contribution in [0.3, 0.4) is 0 Å². The smallest absolute Gasteiger partial charge is 0.412 e. The molecule has 12 heteroatoms. The zero-order valence-electron chi connectivity index (χ0n) is 22.0. The van der Waals surface area contributed by atoms with Crippen molar-refractivity contribution in [3.8, 4) is 12.1 Å². The van der Waals surface area contributed by atoms with Gasteiger partial charge in [0.1, 0.15) is 6.04 Å². The molecule has 2 amide bonds. The molecule has 3 N–H and O–H groups in total. The average Bonchev–Trinajstić information content (AvgIpc) is 2.84. The molecule has 0 heterocycles. The molecule has 2 rings (SSSR count). The highest BCUT2D eigenvalue weighted by atomic mass is 28.4. The number of nitriles is 2. The lowest BCUT2D eigenvalue weighted by molar-refractivity contribution is -0.137. The lowest BCUT2D eigenvalue weighted by atomic mass is 10.1. The van der Waals surface area contributed by atoms with Gasteiger partial charge in [0.05, 0.1) is 34.9 Å². The van der Waals surface area contributed by atoms with Crippen LogP contribution in [0.1, 0.15) is 54.7 Å². The Morgan fingerprint density at radius 2 is 1.63 bits per heavy atom. The first-order valence-electron chi connectivity index (χ1n) is 11.6. The first kappa shape index (κ1) is 30.5. The van der Waals surface area contributed by atoms with Crippen LogP contribution < -0.4 is 11.2 Å². The molecule has 0 spiro atoms. The second-order valence-corrected chi connectivity index (χ2v) is 15.0. The number of benzene rings is 2. The third-order valence-electron chi connectivity index (χ3n) is 6.51. The van der Waals surface area contributed by atoms with Gasteiger partial charge in [-0.25, -0.2) is 10.9 Å². The highest BCUT2D eigenvalue weighted by molar-refractivity contribution is 6.74. The third kappa shape index (κ3) is 6.98. The van der Waals surface area contributed by atoms with E-state index in [1.165, 1.54) is 36.4 Å². The SMILES string of the molecule is C[C@@H](O[Si](C)(C)C(C)(C)C)[C@@H](Nc1ccc(C#N)c(C(F)(F)F)c1)C(=O)N(N)C(=O)c1ccc(C#N)cc1. The third-order valence-corrected chi connectivity index (χ3v) is 11.1. The number of hydrazine groups is 1. The van der Waals surface area contributed by atoms with Crippen LogP contribution in [-0.2, 0) is 15.4 Å². The van der Waals surface area contributed by atoms with Crippen LogP contribution in [-0.4, -0.2) is 37.3 Å². The van der Waals surface area contributed by atoms with Gasteiger partial charge in [0, 0.05) is 11.3 Å². The van der Waals surface area contributed by atoms with E-state index >= 15 is 0 Å². The number of halogens is 3. The van der Waals surface area contributed by atoms with Gasteiger partial charge in [0.2, 0.25) is 0 Å². The molecule has 0 aliphatic carbocycles. The number of hydrogen-bond acceptors (Lipinski definition) is 7. The standard InChI is InChI=1S/C26H30F3N5O3Si/c1-16(37-38(5,6)25(2,3)4)22(33-20-12-11-19(15-31)21(13-20)26(27,28)29)24(36)34(32)23(35)18-9-7-17(14-30)8-10-18/h7-13,16,22,33H,32H2,1-6H3/t16-,22-/m1/s1. The molecule has 0 fully saturated rings. The first-order valence-corrected chi connectivity index (χ1v) is 14.5. The molecular formula is C26H30F3N5O3Si. The van der Waals surface area contributed by atoms with Gasteiger partial charge in [-0.2, -0.15) is 23.7 Å². The predicted octanol–water partition coefficient (Wildman–Crippen LogP) is 5.18. The van der Waals surface area contributed by atoms with Gasteiger partial charge in [-0.15, -0.1) is 0 Å². The quantitative estimate of drug-likeness (QED) is 0.212. The van der Waals surface area contributed by atoms with Crippen LogP contribution in [0.4, 0.5) is 18.9 Å². The fourth-order valence-corrected chi connectivity index (χ4v) is 4.73. The second kappa shape index (κ2) is 11.4. The van der Waals surface area contributed by atoms with E-state index in [9.17, 15) is 22.8 Å². The number of nitrogens with one attached hydrogen (secondary N) is 1. The molecule has 0 bridgehead atoms. The minimum Gasteiger partial charge on any atom is -0.412 e. The van der Waals surface area contributed by atoms with E-state index < -0.39 is 49.6 Å². The van der Waals surface area contributed by atoms with Crippen molar-refractivity contribution in [1.29, 1.82) is 10.5 Å². The Morgan fingerprint density at radius 1 is 1.05 bits per heavy atom. The molecule has 8 nitrogen and oxygen atoms in total. The Kier molecular flexibility index (Phi) is 9.11. The Hall–Kier alpha value is -3.71. The zero-order valence-corrected chi connectivity index (χ0v) is 23.0. The molecular weight excluding hydrogens is 515 g/mol. The molecule has 0 saturated carbocycles. The van der Waals surface area contributed by atoms with Gasteiger partial charge < -0.3 is 9.74 Å². The topological polar surface area (TPSA) is 132 Å². The molecule has 2 aromatic rings. The van der Waals surface area contributed by atoms with Crippen molar-refractivity contribution in [3.63, 3.8) is 0 Å². The number of carbonyl (C=O) groups is 2. The van der Waals surface area contributed by atoms with Crippen molar-refractivity contribution in [2.24, 2.45) is 5.84 Å². The fourth-order valence-electron chi connectivity index (χ4n) is 3.31. The Labute approximate surface area is 220 Å². The van der Waals surface area contributed by atoms with Crippen LogP contribution in [0.5, 0.6) is 0 Å². The largest absolute Gasteiger partial charge is 0.417 e. The monoisotopic (exact) mass is 545 g/mol. The Balaban J connectivity index is 2.49. The van der Waals surface area contributed by atoms with Crippen LogP contribution in [0.25, 0.3) is 0 Å². The van der Waals surface area contributed by atoms with E-state index in [1.807, 2.05) is 39.9 Å². The fraction of sp³-hybridized carbons (Fsp3) is 0.385. The lowest BCUT2D eigenvalue weighted by Gasteiger charge is -2.40. The minimum absolute atomic E-state index is 0.0364. The van der Waals surface area contributed by atoms with Gasteiger partial charge in [0.25, 0.3) is 11.8 Å². The average molecular weight is 546 g/mol. The summed E-state index contributed by atoms with van der Waals surface area (Å²) in [7, 11) is -2.48. The highest BCUT2D eigenvalue weighted by Crippen LogP contribution is 2.38. The highest BCUT2D eigenvalue weighted by Gasteiger charge is 2.42. The molecule has 0 aliphatic heterocycles. The summed E-state index contributed by atoms with van der Waals surface area (Å²) in [6.45, 7) is 11.4. The number of anilines is 1. The van der Waals surface area contributed by atoms with E-state index in [0.29, 0.717) is 10.6 Å². The summed E-state index contributed by atoms with van der Waals surface area (Å²) < 4.78 is 46.9. The molecule has 0 aliphatic rings. The number of alkyl halides is 3. The van der Waals surface area contributed by atoms with Crippen LogP contribution >= 0.6 is 0 Å². The maximum Gasteiger partial charge on any atom is 0.417 e. The predicted molar refractivity (Wildman–Crippen MR) is 138 cm³/mol. The summed E-state index contributed by atoms with van der Waals surface area (Å²) in [5.74, 6) is 4.10. The molecule has 202 valence electrons. The zero-order chi connectivity index (χ0) is 29.1. The van der Waals surface area contributed by atoms with Crippen LogP contribution in [0.15, 0.2) is 42.5 Å². The summed E-state index contributed by atoms with van der Waals surface area (Å²) in [5, 5.41) is 20.9. The lowest BCUT2D eigenvalue weighted by Crippen LogP contribution is -2.56. The number of carbonyl (C=O) groups excluding carboxylic acids is 2. The first-order chi connectivity index (χ1) is 17.4. The van der Waals surface area contributed by atoms with Crippen molar-refractivity contribution in [2.45, 2.75) is 64.1 Å². The molecule has 38 heavy (non-hydrogen) atoms. The van der Waals surface area contributed by atoms with E-state index in [-0.39, 0.29) is 16.3 Å². The number of nitrogens with zero attached hydrogens (tertiary/aromatic N) is 3. The van der Waals surface area contributed by atoms with Crippen molar-refractivity contribution in [2.75, 3.05) is 5.32 Å². The van der Waals surface area contributed by atoms with Gasteiger partial charge >= 0.3 is 6.18 Å². The molecule has 0 radical (unpaired) electrons. The van der Waals surface area contributed by atoms with Gasteiger partial charge in [0.15, 0.2) is 8.32 Å². The van der Waals surface area contributed by atoms with Crippen molar-refractivity contribution >= 4 is 25.8 Å². The summed E-state index contributed by atoms with van der Waals surface area (Å²) in [5.41, 5.74) is -1.53. The van der Waals surface area contributed by atoms with Gasteiger partial charge in [-0.05, 0) is 67.5 Å². The number of imide groups is 1. The van der Waals surface area contributed by atoms with Crippen molar-refractivity contribution < 1.29 is 27.2 Å². The van der Waals surface area contributed by atoms with Gasteiger partial charge in [-0.1, -0.05) is 20.8 Å². The Bertz CT molecular complexity index is 1280. The maximum atomic E-state index is 13.5. The number of rotatable bonds is 7. The van der Waals surface area contributed by atoms with E-state index in [0.717, 1.165) is 12.1 Å². The second-order valence-electron chi connectivity index (χ2n) is 10.3. The van der Waals surface area contributed by atoms with E-state index in [2.05, 4.69) is 5.32 Å². The van der Waals surface area contributed by atoms with Crippen LogP contribution in [0.2, 0.25) is 18.1 Å². The maximum absolute atomic E-state index is 13.5. The molecule has 0 unspecified atom stereocenters. The summed E-state index contributed by atoms with van der Waals surface area (Å²) in [6, 6.07) is 10.5. The minimum atomic E-state index is -4.81. The molecule has 2 atom stereocenters. The molecule has 0 saturated heterocycles. The van der Waals surface area contributed by atoms with Crippen molar-refractivity contribution in [3.05, 3.63) is 64.7 Å². The summed E-state index contributed by atoms with van der Waals surface area (Å²) in [4.78, 5) is 26.4. The number of hydrogen-bond donors (Lipinski definition) is 2.